The number of hydrogen-bond donors (Lipinski definition) is 3. The van der Waals surface area contributed by atoms with E-state index >= 15 is 0 Å². The highest BCUT2D eigenvalue weighted by atomic mass is 16.6. The van der Waals surface area contributed by atoms with Crippen LogP contribution in [0.4, 0.5) is 0 Å². The van der Waals surface area contributed by atoms with Gasteiger partial charge < -0.3 is 20.1 Å². The average Bonchev–Trinajstić information content (AvgIpc) is 2.69. The van der Waals surface area contributed by atoms with E-state index in [1.165, 1.54) is 51.4 Å². The van der Waals surface area contributed by atoms with E-state index < -0.39 is 30.6 Å². The summed E-state index contributed by atoms with van der Waals surface area (Å²) in [6.07, 6.45) is 15.6. The molecule has 0 saturated heterocycles. The highest BCUT2D eigenvalue weighted by molar-refractivity contribution is 5.87. The number of hydrogen-bond acceptors (Lipinski definition) is 6. The van der Waals surface area contributed by atoms with E-state index in [0.29, 0.717) is 12.8 Å². The molecule has 1 unspecified atom stereocenters. The first-order valence-corrected chi connectivity index (χ1v) is 11.2. The fourth-order valence-corrected chi connectivity index (χ4v) is 3.15. The van der Waals surface area contributed by atoms with Crippen molar-refractivity contribution < 1.29 is 34.4 Å². The number of rotatable bonds is 20. The molecular weight excluding hydrogens is 376 g/mol. The maximum absolute atomic E-state index is 11.4. The molecule has 0 aliphatic carbocycles. The molecule has 0 aromatic rings. The third kappa shape index (κ3) is 19.6. The summed E-state index contributed by atoms with van der Waals surface area (Å²) < 4.78 is 4.43. The Morgan fingerprint density at radius 3 is 1.31 bits per heavy atom. The fraction of sp³-hybridized carbons (Fsp3) is 0.864. The van der Waals surface area contributed by atoms with Crippen LogP contribution in [0, 0.1) is 0 Å². The van der Waals surface area contributed by atoms with E-state index in [-0.39, 0.29) is 6.42 Å². The molecule has 0 fully saturated rings. The van der Waals surface area contributed by atoms with Gasteiger partial charge in [0.2, 0.25) is 0 Å². The van der Waals surface area contributed by atoms with Gasteiger partial charge in [-0.2, -0.15) is 0 Å². The maximum atomic E-state index is 11.4. The average molecular weight is 417 g/mol. The highest BCUT2D eigenvalue weighted by Crippen LogP contribution is 2.14. The first-order valence-electron chi connectivity index (χ1n) is 11.2. The van der Waals surface area contributed by atoms with Crippen molar-refractivity contribution in [3.05, 3.63) is 0 Å². The molecule has 0 aromatic carbocycles. The molecule has 0 rings (SSSR count). The Hall–Kier alpha value is -1.47. The second-order valence-corrected chi connectivity index (χ2v) is 7.69. The molecule has 1 atom stereocenters. The largest absolute Gasteiger partial charge is 0.481 e. The van der Waals surface area contributed by atoms with Crippen LogP contribution < -0.4 is 0 Å². The van der Waals surface area contributed by atoms with Gasteiger partial charge in [-0.3, -0.25) is 9.59 Å². The van der Waals surface area contributed by atoms with Gasteiger partial charge >= 0.3 is 17.9 Å². The molecule has 3 N–H and O–H groups in total. The van der Waals surface area contributed by atoms with Gasteiger partial charge in [-0.05, 0) is 12.8 Å². The van der Waals surface area contributed by atoms with Crippen LogP contribution in [0.5, 0.6) is 0 Å². The smallest absolute Gasteiger partial charge is 0.345 e. The van der Waals surface area contributed by atoms with Gasteiger partial charge in [0.15, 0.2) is 6.10 Å². The molecule has 0 bridgehead atoms. The molecule has 7 nitrogen and oxygen atoms in total. The number of aliphatic hydroxyl groups excluding tert-OH is 2. The second kappa shape index (κ2) is 19.8. The van der Waals surface area contributed by atoms with Crippen LogP contribution in [0.25, 0.3) is 0 Å². The summed E-state index contributed by atoms with van der Waals surface area (Å²) >= 11 is 0. The van der Waals surface area contributed by atoms with Crippen LogP contribution in [0.1, 0.15) is 109 Å². The summed E-state index contributed by atoms with van der Waals surface area (Å²) in [4.78, 5) is 32.9. The van der Waals surface area contributed by atoms with E-state index in [1.807, 2.05) is 0 Å². The predicted octanol–water partition coefficient (Wildman–Crippen LogP) is 4.13. The Morgan fingerprint density at radius 2 is 0.966 bits per heavy atom. The monoisotopic (exact) mass is 416 g/mol. The number of carbonyl (C=O) groups excluding carboxylic acids is 2. The fourth-order valence-electron chi connectivity index (χ4n) is 3.15. The Balaban J connectivity index is 3.23. The van der Waals surface area contributed by atoms with Gasteiger partial charge in [-0.1, -0.05) is 83.5 Å². The molecule has 0 heterocycles. The van der Waals surface area contributed by atoms with Crippen molar-refractivity contribution in [1.29, 1.82) is 0 Å². The van der Waals surface area contributed by atoms with E-state index in [4.69, 9.17) is 15.3 Å². The summed E-state index contributed by atoms with van der Waals surface area (Å²) in [5.41, 5.74) is 0. The lowest BCUT2D eigenvalue weighted by atomic mass is 10.0. The van der Waals surface area contributed by atoms with Crippen molar-refractivity contribution in [2.75, 3.05) is 6.61 Å². The number of ether oxygens (including phenoxy) is 1. The standard InChI is InChI=1S/C22H40O7/c23-18-19(24)22(28)29-21(27)17-15-13-11-9-7-5-3-1-2-4-6-8-10-12-14-16-20(25)26/h19,23-24H,1-18H2,(H,25,26). The molecule has 0 radical (unpaired) electrons. The van der Waals surface area contributed by atoms with E-state index in [9.17, 15) is 14.4 Å². The maximum Gasteiger partial charge on any atom is 0.345 e. The number of unbranched alkanes of at least 4 members (excludes halogenated alkanes) is 14. The minimum absolute atomic E-state index is 0.156. The first kappa shape index (κ1) is 27.5. The zero-order valence-corrected chi connectivity index (χ0v) is 17.8. The van der Waals surface area contributed by atoms with Crippen molar-refractivity contribution in [2.24, 2.45) is 0 Å². The van der Waals surface area contributed by atoms with Crippen LogP contribution in [0.2, 0.25) is 0 Å². The number of carbonyl (C=O) groups is 3. The minimum atomic E-state index is -1.64. The van der Waals surface area contributed by atoms with E-state index in [0.717, 1.165) is 38.5 Å². The SMILES string of the molecule is O=C(O)CCCCCCCCCCCCCCCCCC(=O)OC(=O)C(O)CO. The molecular formula is C22H40O7. The van der Waals surface area contributed by atoms with Crippen molar-refractivity contribution in [1.82, 2.24) is 0 Å². The Morgan fingerprint density at radius 1 is 0.621 bits per heavy atom. The van der Waals surface area contributed by atoms with Gasteiger partial charge in [0.1, 0.15) is 0 Å². The van der Waals surface area contributed by atoms with Gasteiger partial charge in [0, 0.05) is 12.8 Å². The van der Waals surface area contributed by atoms with Crippen LogP contribution >= 0.6 is 0 Å². The van der Waals surface area contributed by atoms with Gasteiger partial charge in [0.05, 0.1) is 6.61 Å². The number of esters is 2. The third-order valence-corrected chi connectivity index (χ3v) is 4.93. The summed E-state index contributed by atoms with van der Waals surface area (Å²) in [7, 11) is 0. The molecule has 0 spiro atoms. The van der Waals surface area contributed by atoms with Crippen LogP contribution in [0.3, 0.4) is 0 Å². The third-order valence-electron chi connectivity index (χ3n) is 4.93. The van der Waals surface area contributed by atoms with Crippen LogP contribution in [-0.4, -0.2) is 45.9 Å². The second-order valence-electron chi connectivity index (χ2n) is 7.69. The Kier molecular flexibility index (Phi) is 18.8. The molecule has 0 aromatic heterocycles. The van der Waals surface area contributed by atoms with Gasteiger partial charge in [-0.15, -0.1) is 0 Å². The van der Waals surface area contributed by atoms with E-state index in [2.05, 4.69) is 4.74 Å². The predicted molar refractivity (Wildman–Crippen MR) is 110 cm³/mol. The quantitative estimate of drug-likeness (QED) is 0.155. The topological polar surface area (TPSA) is 121 Å². The molecule has 0 saturated carbocycles. The molecule has 0 amide bonds. The number of carboxylic acids is 1. The summed E-state index contributed by atoms with van der Waals surface area (Å²) in [6, 6.07) is 0. The number of aliphatic hydroxyl groups is 2. The lowest BCUT2D eigenvalue weighted by Crippen LogP contribution is -2.28. The molecule has 170 valence electrons. The zero-order chi connectivity index (χ0) is 21.7. The molecule has 0 aliphatic rings. The van der Waals surface area contributed by atoms with Crippen molar-refractivity contribution >= 4 is 17.9 Å². The van der Waals surface area contributed by atoms with Crippen molar-refractivity contribution in [3.63, 3.8) is 0 Å². The van der Waals surface area contributed by atoms with Crippen LogP contribution in [-0.2, 0) is 19.1 Å². The number of aliphatic carboxylic acids is 1. The zero-order valence-electron chi connectivity index (χ0n) is 17.8. The molecule has 29 heavy (non-hydrogen) atoms. The lowest BCUT2D eigenvalue weighted by Gasteiger charge is -2.06. The normalized spacial score (nSPS) is 11.9. The minimum Gasteiger partial charge on any atom is -0.481 e. The molecule has 0 aliphatic heterocycles. The summed E-state index contributed by atoms with van der Waals surface area (Å²) in [5, 5.41) is 26.1. The highest BCUT2D eigenvalue weighted by Gasteiger charge is 2.18. The van der Waals surface area contributed by atoms with Crippen molar-refractivity contribution in [2.45, 2.75) is 115 Å². The first-order chi connectivity index (χ1) is 14.0. The van der Waals surface area contributed by atoms with E-state index in [1.54, 1.807) is 0 Å². The Labute approximate surface area is 174 Å². The van der Waals surface area contributed by atoms with Gasteiger partial charge in [0.25, 0.3) is 0 Å². The van der Waals surface area contributed by atoms with Crippen LogP contribution in [0.15, 0.2) is 0 Å². The summed E-state index contributed by atoms with van der Waals surface area (Å²) in [5.74, 6) is -2.43. The Bertz CT molecular complexity index is 437. The van der Waals surface area contributed by atoms with Crippen molar-refractivity contribution in [3.8, 4) is 0 Å². The summed E-state index contributed by atoms with van der Waals surface area (Å²) in [6.45, 7) is -0.748. The molecule has 7 heteroatoms. The lowest BCUT2D eigenvalue weighted by molar-refractivity contribution is -0.167. The number of carboxylic acid groups (broad SMARTS) is 1. The van der Waals surface area contributed by atoms with Gasteiger partial charge in [-0.25, -0.2) is 4.79 Å².